The quantitative estimate of drug-likeness (QED) is 0.588. The first-order valence-corrected chi connectivity index (χ1v) is 3.80. The Kier molecular flexibility index (Phi) is 2.68. The number of hydrogen-bond donors (Lipinski definition) is 3. The summed E-state index contributed by atoms with van der Waals surface area (Å²) in [5.74, 6) is -0.334. The largest absolute Gasteiger partial charge is 0.352 e. The normalized spacial score (nSPS) is 9.75. The topological polar surface area (TPSA) is 77.8 Å². The Bertz CT molecular complexity index is 312. The molecule has 1 rings (SSSR count). The molecule has 0 unspecified atom stereocenters. The zero-order chi connectivity index (χ0) is 8.97. The summed E-state index contributed by atoms with van der Waals surface area (Å²) < 4.78 is 0. The molecule has 0 aromatic carbocycles. The lowest BCUT2D eigenvalue weighted by molar-refractivity contribution is 0.0952. The van der Waals surface area contributed by atoms with E-state index in [4.69, 9.17) is 0 Å². The van der Waals surface area contributed by atoms with Gasteiger partial charge in [-0.1, -0.05) is 6.92 Å². The van der Waals surface area contributed by atoms with Gasteiger partial charge in [0.1, 0.15) is 5.56 Å². The van der Waals surface area contributed by atoms with E-state index in [1.807, 2.05) is 6.92 Å². The van der Waals surface area contributed by atoms with Crippen LogP contribution in [0.1, 0.15) is 23.7 Å². The summed E-state index contributed by atoms with van der Waals surface area (Å²) >= 11 is 0. The monoisotopic (exact) mass is 169 g/mol. The number of carbonyl (C=O) groups excluding carboxylic acids is 1. The maximum absolute atomic E-state index is 11.1. The summed E-state index contributed by atoms with van der Waals surface area (Å²) in [6, 6.07) is 0. The SMILES string of the molecule is CCCNC(=O)c1c[nH][nH]c1=O. The van der Waals surface area contributed by atoms with Gasteiger partial charge in [-0.05, 0) is 6.42 Å². The number of H-pyrrole nitrogens is 2. The fourth-order valence-corrected chi connectivity index (χ4v) is 0.809. The number of aromatic nitrogens is 2. The minimum Gasteiger partial charge on any atom is -0.352 e. The van der Waals surface area contributed by atoms with Crippen LogP contribution in [0.4, 0.5) is 0 Å². The molecule has 0 atom stereocenters. The molecule has 1 aromatic rings. The van der Waals surface area contributed by atoms with Gasteiger partial charge in [0.2, 0.25) is 0 Å². The Morgan fingerprint density at radius 3 is 2.92 bits per heavy atom. The highest BCUT2D eigenvalue weighted by molar-refractivity contribution is 5.93. The first-order chi connectivity index (χ1) is 5.75. The van der Waals surface area contributed by atoms with Crippen molar-refractivity contribution >= 4 is 5.91 Å². The van der Waals surface area contributed by atoms with Crippen LogP contribution in [0, 0.1) is 0 Å². The minimum absolute atomic E-state index is 0.128. The molecule has 0 bridgehead atoms. The molecule has 0 saturated carbocycles. The molecule has 0 fully saturated rings. The molecule has 0 aliphatic carbocycles. The highest BCUT2D eigenvalue weighted by Gasteiger charge is 2.08. The molecule has 1 aromatic heterocycles. The van der Waals surface area contributed by atoms with Crippen LogP contribution in [-0.2, 0) is 0 Å². The van der Waals surface area contributed by atoms with E-state index < -0.39 is 0 Å². The molecule has 0 radical (unpaired) electrons. The van der Waals surface area contributed by atoms with Crippen LogP contribution in [-0.4, -0.2) is 22.6 Å². The fraction of sp³-hybridized carbons (Fsp3) is 0.429. The molecule has 0 aliphatic heterocycles. The van der Waals surface area contributed by atoms with Crippen LogP contribution in [0.5, 0.6) is 0 Å². The van der Waals surface area contributed by atoms with Crippen LogP contribution in [0.25, 0.3) is 0 Å². The summed E-state index contributed by atoms with van der Waals surface area (Å²) in [6.07, 6.45) is 2.21. The average molecular weight is 169 g/mol. The number of carbonyl (C=O) groups is 1. The van der Waals surface area contributed by atoms with Gasteiger partial charge < -0.3 is 10.4 Å². The van der Waals surface area contributed by atoms with E-state index in [0.29, 0.717) is 6.54 Å². The second-order valence-corrected chi connectivity index (χ2v) is 2.41. The van der Waals surface area contributed by atoms with E-state index in [9.17, 15) is 9.59 Å². The molecule has 12 heavy (non-hydrogen) atoms. The molecule has 1 amide bonds. The lowest BCUT2D eigenvalue weighted by Gasteiger charge is -1.97. The Labute approximate surface area is 69.2 Å². The van der Waals surface area contributed by atoms with Crippen LogP contribution in [0.15, 0.2) is 11.0 Å². The van der Waals surface area contributed by atoms with Crippen molar-refractivity contribution in [2.45, 2.75) is 13.3 Å². The number of rotatable bonds is 3. The summed E-state index contributed by atoms with van der Waals surface area (Å²) in [5.41, 5.74) is -0.257. The summed E-state index contributed by atoms with van der Waals surface area (Å²) in [7, 11) is 0. The number of nitrogens with one attached hydrogen (secondary N) is 3. The molecule has 0 aliphatic rings. The van der Waals surface area contributed by atoms with E-state index >= 15 is 0 Å². The highest BCUT2D eigenvalue weighted by Crippen LogP contribution is 1.85. The standard InChI is InChI=1S/C7H11N3O2/c1-2-3-8-6(11)5-4-9-10-7(5)12/h4H,2-3H2,1H3,(H,8,11)(H2,9,10,12). The summed E-state index contributed by atoms with van der Waals surface area (Å²) in [4.78, 5) is 22.0. The molecule has 1 heterocycles. The number of aromatic amines is 2. The highest BCUT2D eigenvalue weighted by atomic mass is 16.2. The van der Waals surface area contributed by atoms with Gasteiger partial charge in [0.15, 0.2) is 0 Å². The van der Waals surface area contributed by atoms with Crippen LogP contribution in [0.3, 0.4) is 0 Å². The van der Waals surface area contributed by atoms with Crippen LogP contribution >= 0.6 is 0 Å². The molecular weight excluding hydrogens is 158 g/mol. The molecule has 0 saturated heterocycles. The number of amides is 1. The second-order valence-electron chi connectivity index (χ2n) is 2.41. The lowest BCUT2D eigenvalue weighted by atomic mass is 10.3. The Hall–Kier alpha value is -1.52. The fourth-order valence-electron chi connectivity index (χ4n) is 0.809. The third kappa shape index (κ3) is 1.75. The predicted octanol–water partition coefficient (Wildman–Crippen LogP) is -0.157. The van der Waals surface area contributed by atoms with Gasteiger partial charge >= 0.3 is 0 Å². The first-order valence-electron chi connectivity index (χ1n) is 3.80. The van der Waals surface area contributed by atoms with Crippen LogP contribution in [0.2, 0.25) is 0 Å². The van der Waals surface area contributed by atoms with Crippen molar-refractivity contribution in [3.8, 4) is 0 Å². The summed E-state index contributed by atoms with van der Waals surface area (Å²) in [6.45, 7) is 2.53. The number of hydrogen-bond acceptors (Lipinski definition) is 2. The van der Waals surface area contributed by atoms with Gasteiger partial charge in [0.05, 0.1) is 0 Å². The maximum Gasteiger partial charge on any atom is 0.276 e. The molecule has 5 nitrogen and oxygen atoms in total. The molecule has 5 heteroatoms. The van der Waals surface area contributed by atoms with E-state index in [1.165, 1.54) is 6.20 Å². The van der Waals surface area contributed by atoms with Gasteiger partial charge in [-0.25, -0.2) is 0 Å². The summed E-state index contributed by atoms with van der Waals surface area (Å²) in [5, 5.41) is 7.34. The molecule has 66 valence electrons. The minimum atomic E-state index is -0.386. The maximum atomic E-state index is 11.1. The smallest absolute Gasteiger partial charge is 0.276 e. The first kappa shape index (κ1) is 8.58. The Morgan fingerprint density at radius 2 is 2.42 bits per heavy atom. The predicted molar refractivity (Wildman–Crippen MR) is 44.0 cm³/mol. The van der Waals surface area contributed by atoms with Crippen molar-refractivity contribution in [1.29, 1.82) is 0 Å². The van der Waals surface area contributed by atoms with Crippen molar-refractivity contribution < 1.29 is 4.79 Å². The van der Waals surface area contributed by atoms with E-state index in [1.54, 1.807) is 0 Å². The molecular formula is C7H11N3O2. The molecule has 3 N–H and O–H groups in total. The zero-order valence-corrected chi connectivity index (χ0v) is 6.81. The third-order valence-corrected chi connectivity index (χ3v) is 1.43. The Balaban J connectivity index is 2.66. The van der Waals surface area contributed by atoms with Gasteiger partial charge in [0, 0.05) is 12.7 Å². The lowest BCUT2D eigenvalue weighted by Crippen LogP contribution is -2.27. The third-order valence-electron chi connectivity index (χ3n) is 1.43. The van der Waals surface area contributed by atoms with Crippen molar-refractivity contribution in [1.82, 2.24) is 15.5 Å². The average Bonchev–Trinajstić information content (AvgIpc) is 2.47. The second kappa shape index (κ2) is 3.75. The van der Waals surface area contributed by atoms with Gasteiger partial charge in [0.25, 0.3) is 11.5 Å². The van der Waals surface area contributed by atoms with Crippen LogP contribution < -0.4 is 10.9 Å². The van der Waals surface area contributed by atoms with E-state index in [2.05, 4.69) is 15.5 Å². The van der Waals surface area contributed by atoms with Crippen molar-refractivity contribution in [2.24, 2.45) is 0 Å². The van der Waals surface area contributed by atoms with Crippen molar-refractivity contribution in [3.63, 3.8) is 0 Å². The Morgan fingerprint density at radius 1 is 1.67 bits per heavy atom. The van der Waals surface area contributed by atoms with Gasteiger partial charge in [-0.15, -0.1) is 0 Å². The van der Waals surface area contributed by atoms with Crippen molar-refractivity contribution in [2.75, 3.05) is 6.54 Å². The molecule has 0 spiro atoms. The van der Waals surface area contributed by atoms with Crippen molar-refractivity contribution in [3.05, 3.63) is 22.1 Å². The van der Waals surface area contributed by atoms with E-state index in [0.717, 1.165) is 6.42 Å². The zero-order valence-electron chi connectivity index (χ0n) is 6.81. The van der Waals surface area contributed by atoms with E-state index in [-0.39, 0.29) is 17.0 Å². The van der Waals surface area contributed by atoms with Gasteiger partial charge in [-0.3, -0.25) is 14.7 Å². The van der Waals surface area contributed by atoms with Gasteiger partial charge in [-0.2, -0.15) is 0 Å².